The number of aliphatic carboxylic acids is 1. The van der Waals surface area contributed by atoms with Gasteiger partial charge >= 0.3 is 5.97 Å². The van der Waals surface area contributed by atoms with Crippen molar-refractivity contribution in [2.24, 2.45) is 34.5 Å². The summed E-state index contributed by atoms with van der Waals surface area (Å²) in [5, 5.41) is 31.9. The summed E-state index contributed by atoms with van der Waals surface area (Å²) in [6.07, 6.45) is 3.23. The summed E-state index contributed by atoms with van der Waals surface area (Å²) >= 11 is 0. The lowest BCUT2D eigenvalue weighted by Crippen LogP contribution is -2.70. The molecule has 0 bridgehead atoms. The lowest BCUT2D eigenvalue weighted by molar-refractivity contribution is -0.223. The van der Waals surface area contributed by atoms with Crippen LogP contribution < -0.4 is 0 Å². The molecule has 3 fully saturated rings. The minimum atomic E-state index is -2.18. The Morgan fingerprint density at radius 1 is 1.17 bits per heavy atom. The van der Waals surface area contributed by atoms with Crippen LogP contribution in [0.15, 0.2) is 23.8 Å². The van der Waals surface area contributed by atoms with Gasteiger partial charge in [-0.3, -0.25) is 9.59 Å². The number of Topliss-reactive ketones (excluding diaryl/α,β-unsaturated/α-hetero) is 1. The zero-order valence-electron chi connectivity index (χ0n) is 17.7. The predicted octanol–water partition coefficient (Wildman–Crippen LogP) is 2.23. The van der Waals surface area contributed by atoms with Crippen LogP contribution in [0.5, 0.6) is 0 Å². The van der Waals surface area contributed by atoms with Crippen molar-refractivity contribution < 1.29 is 34.1 Å². The van der Waals surface area contributed by atoms with Gasteiger partial charge in [-0.2, -0.15) is 0 Å². The summed E-state index contributed by atoms with van der Waals surface area (Å²) in [6.45, 7) is 6.85. The van der Waals surface area contributed by atoms with Crippen LogP contribution in [0.25, 0.3) is 0 Å². The van der Waals surface area contributed by atoms with Gasteiger partial charge in [0.2, 0.25) is 0 Å². The summed E-state index contributed by atoms with van der Waals surface area (Å²) in [7, 11) is 0. The SMILES string of the molecule is CC1C[C@H]2[C@@H]3CC(C)[C@](O)(C(=O)C(=O)O)[C@@]3(C)CC(O)[C@]2(F)[C@@]2(C)C=CC(=O)C=C12. The number of fused-ring (bicyclic) bond motifs is 5. The molecule has 0 radical (unpaired) electrons. The Bertz CT molecular complexity index is 909. The smallest absolute Gasteiger partial charge is 0.375 e. The van der Waals surface area contributed by atoms with Gasteiger partial charge in [0.15, 0.2) is 11.5 Å². The van der Waals surface area contributed by atoms with Crippen molar-refractivity contribution in [2.45, 2.75) is 64.3 Å². The summed E-state index contributed by atoms with van der Waals surface area (Å²) in [5.74, 6) is -5.22. The maximum absolute atomic E-state index is 17.0. The molecule has 4 rings (SSSR count). The molecule has 4 aliphatic carbocycles. The standard InChI is InChI=1S/C23H29FO6/c1-11-7-16-15-8-12(2)23(30,18(27)19(28)29)21(15,4)10-17(26)22(16,24)20(3)6-5-13(25)9-14(11)20/h5-6,9,11-12,15-17,26,30H,7-8,10H2,1-4H3,(H,28,29)/t11?,12?,15-,16-,17?,20-,21-,22-,23-/m0/s1. The van der Waals surface area contributed by atoms with Crippen molar-refractivity contribution in [1.82, 2.24) is 0 Å². The number of rotatable bonds is 2. The highest BCUT2D eigenvalue weighted by molar-refractivity contribution is 6.36. The van der Waals surface area contributed by atoms with Gasteiger partial charge in [0.1, 0.15) is 5.60 Å². The number of carboxylic acid groups (broad SMARTS) is 1. The minimum absolute atomic E-state index is 0.133. The highest BCUT2D eigenvalue weighted by Gasteiger charge is 2.76. The lowest BCUT2D eigenvalue weighted by atomic mass is 9.43. The number of aliphatic hydroxyl groups is 2. The Hall–Kier alpha value is -1.86. The average Bonchev–Trinajstić information content (AvgIpc) is 2.86. The zero-order valence-corrected chi connectivity index (χ0v) is 17.7. The molecule has 3 unspecified atom stereocenters. The monoisotopic (exact) mass is 420 g/mol. The van der Waals surface area contributed by atoms with Gasteiger partial charge in [0.25, 0.3) is 5.78 Å². The highest BCUT2D eigenvalue weighted by atomic mass is 19.1. The van der Waals surface area contributed by atoms with Gasteiger partial charge in [-0.1, -0.05) is 32.4 Å². The molecule has 0 amide bonds. The van der Waals surface area contributed by atoms with Crippen molar-refractivity contribution in [3.8, 4) is 0 Å². The van der Waals surface area contributed by atoms with Crippen LogP contribution in [0.3, 0.4) is 0 Å². The second kappa shape index (κ2) is 6.10. The Balaban J connectivity index is 1.87. The van der Waals surface area contributed by atoms with E-state index in [0.29, 0.717) is 18.4 Å². The molecule has 4 aliphatic rings. The number of alkyl halides is 1. The van der Waals surface area contributed by atoms with Crippen LogP contribution in [-0.4, -0.2) is 50.2 Å². The summed E-state index contributed by atoms with van der Waals surface area (Å²) in [6, 6.07) is 0. The number of carboxylic acids is 1. The molecule has 0 aromatic carbocycles. The molecule has 0 heterocycles. The van der Waals surface area contributed by atoms with Gasteiger partial charge < -0.3 is 15.3 Å². The average molecular weight is 420 g/mol. The maximum atomic E-state index is 17.0. The Kier molecular flexibility index (Phi) is 4.35. The molecule has 9 atom stereocenters. The molecule has 0 aromatic heterocycles. The highest BCUT2D eigenvalue weighted by Crippen LogP contribution is 2.71. The number of allylic oxidation sites excluding steroid dienone is 4. The first-order chi connectivity index (χ1) is 13.7. The molecule has 164 valence electrons. The first kappa shape index (κ1) is 21.4. The van der Waals surface area contributed by atoms with Crippen LogP contribution in [-0.2, 0) is 14.4 Å². The number of hydrogen-bond donors (Lipinski definition) is 3. The Morgan fingerprint density at radius 3 is 2.40 bits per heavy atom. The summed E-state index contributed by atoms with van der Waals surface area (Å²) in [4.78, 5) is 36.1. The topological polar surface area (TPSA) is 112 Å². The molecule has 7 heteroatoms. The van der Waals surface area contributed by atoms with Crippen LogP contribution in [0.1, 0.15) is 47.0 Å². The van der Waals surface area contributed by atoms with Crippen LogP contribution >= 0.6 is 0 Å². The number of hydrogen-bond acceptors (Lipinski definition) is 5. The maximum Gasteiger partial charge on any atom is 0.375 e. The van der Waals surface area contributed by atoms with E-state index in [4.69, 9.17) is 0 Å². The minimum Gasteiger partial charge on any atom is -0.475 e. The molecular formula is C23H29FO6. The van der Waals surface area contributed by atoms with Crippen LogP contribution in [0.4, 0.5) is 4.39 Å². The fraction of sp³-hybridized carbons (Fsp3) is 0.696. The first-order valence-electron chi connectivity index (χ1n) is 10.6. The quantitative estimate of drug-likeness (QED) is 0.591. The van der Waals surface area contributed by atoms with E-state index in [2.05, 4.69) is 0 Å². The molecule has 0 spiro atoms. The van der Waals surface area contributed by atoms with E-state index in [9.17, 15) is 29.7 Å². The molecule has 30 heavy (non-hydrogen) atoms. The summed E-state index contributed by atoms with van der Waals surface area (Å²) in [5.41, 5.74) is -6.08. The molecule has 0 aliphatic heterocycles. The number of carbonyl (C=O) groups excluding carboxylic acids is 2. The van der Waals surface area contributed by atoms with Crippen molar-refractivity contribution >= 4 is 17.5 Å². The molecule has 3 saturated carbocycles. The van der Waals surface area contributed by atoms with Crippen LogP contribution in [0.2, 0.25) is 0 Å². The van der Waals surface area contributed by atoms with Crippen LogP contribution in [0, 0.1) is 34.5 Å². The van der Waals surface area contributed by atoms with Gasteiger partial charge in [-0.15, -0.1) is 0 Å². The second-order valence-electron chi connectivity index (χ2n) is 10.3. The van der Waals surface area contributed by atoms with Gasteiger partial charge in [0.05, 0.1) is 6.10 Å². The molecule has 3 N–H and O–H groups in total. The zero-order chi connectivity index (χ0) is 22.4. The third-order valence-electron chi connectivity index (χ3n) is 9.09. The number of aliphatic hydroxyl groups excluding tert-OH is 1. The third-order valence-corrected chi connectivity index (χ3v) is 9.09. The van der Waals surface area contributed by atoms with Crippen molar-refractivity contribution in [3.05, 3.63) is 23.8 Å². The third kappa shape index (κ3) is 2.18. The van der Waals surface area contributed by atoms with Crippen molar-refractivity contribution in [3.63, 3.8) is 0 Å². The predicted molar refractivity (Wildman–Crippen MR) is 105 cm³/mol. The number of halogens is 1. The van der Waals surface area contributed by atoms with E-state index < -0.39 is 57.7 Å². The van der Waals surface area contributed by atoms with Gasteiger partial charge in [0, 0.05) is 16.7 Å². The summed E-state index contributed by atoms with van der Waals surface area (Å²) < 4.78 is 17.0. The fourth-order valence-electron chi connectivity index (χ4n) is 7.58. The van der Waals surface area contributed by atoms with E-state index in [1.54, 1.807) is 26.8 Å². The Labute approximate surface area is 174 Å². The molecular weight excluding hydrogens is 391 g/mol. The second-order valence-corrected chi connectivity index (χ2v) is 10.3. The first-order valence-corrected chi connectivity index (χ1v) is 10.6. The normalized spacial score (nSPS) is 52.2. The fourth-order valence-corrected chi connectivity index (χ4v) is 7.58. The molecule has 6 nitrogen and oxygen atoms in total. The van der Waals surface area contributed by atoms with Crippen molar-refractivity contribution in [2.75, 3.05) is 0 Å². The Morgan fingerprint density at radius 2 is 1.80 bits per heavy atom. The van der Waals surface area contributed by atoms with E-state index in [1.807, 2.05) is 6.92 Å². The molecule has 0 aromatic rings. The van der Waals surface area contributed by atoms with E-state index in [1.165, 1.54) is 12.2 Å². The van der Waals surface area contributed by atoms with E-state index in [-0.39, 0.29) is 18.1 Å². The molecule has 0 saturated heterocycles. The lowest BCUT2D eigenvalue weighted by Gasteiger charge is -2.63. The van der Waals surface area contributed by atoms with Crippen molar-refractivity contribution in [1.29, 1.82) is 0 Å². The largest absolute Gasteiger partial charge is 0.475 e. The number of carbonyl (C=O) groups is 3. The van der Waals surface area contributed by atoms with E-state index in [0.717, 1.165) is 0 Å². The van der Waals surface area contributed by atoms with Gasteiger partial charge in [-0.05, 0) is 56.1 Å². The van der Waals surface area contributed by atoms with E-state index >= 15 is 4.39 Å². The van der Waals surface area contributed by atoms with Gasteiger partial charge in [-0.25, -0.2) is 9.18 Å². The number of ketones is 2.